The third-order valence-corrected chi connectivity index (χ3v) is 5.37. The highest BCUT2D eigenvalue weighted by Gasteiger charge is 2.20. The zero-order valence-electron chi connectivity index (χ0n) is 16.0. The highest BCUT2D eigenvalue weighted by atomic mass is 32.2. The number of aromatic amines is 1. The van der Waals surface area contributed by atoms with Gasteiger partial charge < -0.3 is 9.40 Å². The number of hydrogen-bond acceptors (Lipinski definition) is 6. The van der Waals surface area contributed by atoms with Crippen molar-refractivity contribution in [3.63, 3.8) is 0 Å². The molecule has 0 spiro atoms. The number of hydrogen-bond donors (Lipinski definition) is 1. The molecule has 0 saturated heterocycles. The lowest BCUT2D eigenvalue weighted by molar-refractivity contribution is 0.101. The van der Waals surface area contributed by atoms with E-state index in [2.05, 4.69) is 15.2 Å². The summed E-state index contributed by atoms with van der Waals surface area (Å²) in [7, 11) is 0. The maximum Gasteiger partial charge on any atom is 0.277 e. The van der Waals surface area contributed by atoms with E-state index in [1.165, 1.54) is 24.2 Å². The van der Waals surface area contributed by atoms with Crippen molar-refractivity contribution in [2.75, 3.05) is 5.75 Å². The zero-order valence-corrected chi connectivity index (χ0v) is 16.8. The Labute approximate surface area is 161 Å². The minimum absolute atomic E-state index is 0.0529. The average Bonchev–Trinajstić information content (AvgIpc) is 3.19. The number of thioether (sulfide) groups is 1. The Morgan fingerprint density at radius 3 is 2.48 bits per heavy atom. The first-order valence-corrected chi connectivity index (χ1v) is 9.53. The predicted octanol–water partition coefficient (Wildman–Crippen LogP) is 4.48. The summed E-state index contributed by atoms with van der Waals surface area (Å²) in [6.07, 6.45) is 0. The molecule has 0 bridgehead atoms. The van der Waals surface area contributed by atoms with Crippen LogP contribution in [0, 0.1) is 27.7 Å². The van der Waals surface area contributed by atoms with Crippen LogP contribution in [0.4, 0.5) is 0 Å². The largest absolute Gasteiger partial charge is 0.411 e. The first-order valence-electron chi connectivity index (χ1n) is 8.55. The molecule has 0 aliphatic carbocycles. The van der Waals surface area contributed by atoms with Crippen LogP contribution in [0.1, 0.15) is 50.2 Å². The van der Waals surface area contributed by atoms with E-state index in [1.54, 1.807) is 13.8 Å². The molecular weight excluding hydrogens is 362 g/mol. The quantitative estimate of drug-likeness (QED) is 0.499. The Bertz CT molecular complexity index is 1030. The number of carbonyl (C=O) groups excluding carboxylic acids is 2. The molecule has 1 N–H and O–H groups in total. The highest BCUT2D eigenvalue weighted by molar-refractivity contribution is 7.99. The number of benzene rings is 1. The molecule has 0 fully saturated rings. The average molecular weight is 383 g/mol. The Morgan fingerprint density at radius 1 is 1.11 bits per heavy atom. The van der Waals surface area contributed by atoms with Gasteiger partial charge in [0.05, 0.1) is 11.4 Å². The van der Waals surface area contributed by atoms with Crippen molar-refractivity contribution in [1.29, 1.82) is 0 Å². The topological polar surface area (TPSA) is 88.9 Å². The molecule has 27 heavy (non-hydrogen) atoms. The van der Waals surface area contributed by atoms with Gasteiger partial charge in [-0.2, -0.15) is 0 Å². The van der Waals surface area contributed by atoms with E-state index in [0.717, 1.165) is 11.1 Å². The van der Waals surface area contributed by atoms with E-state index < -0.39 is 0 Å². The normalized spacial score (nSPS) is 11.0. The van der Waals surface area contributed by atoms with Gasteiger partial charge in [-0.15, -0.1) is 10.2 Å². The zero-order chi connectivity index (χ0) is 19.7. The highest BCUT2D eigenvalue weighted by Crippen LogP contribution is 2.26. The number of aryl methyl sites for hydroxylation is 3. The summed E-state index contributed by atoms with van der Waals surface area (Å²) in [4.78, 5) is 27.3. The van der Waals surface area contributed by atoms with E-state index in [1.807, 2.05) is 32.0 Å². The Hall–Kier alpha value is -2.67. The van der Waals surface area contributed by atoms with Crippen molar-refractivity contribution < 1.29 is 14.0 Å². The third-order valence-electron chi connectivity index (χ3n) is 4.56. The SMILES string of the molecule is CC(=O)c1c(C)[nH]c(C(=O)CSc2nnc(-c3ccc(C)c(C)c3)o2)c1C. The number of Topliss-reactive ketones (excluding diaryl/α,β-unsaturated/α-hetero) is 2. The molecule has 7 heteroatoms. The van der Waals surface area contributed by atoms with E-state index in [0.29, 0.717) is 33.6 Å². The van der Waals surface area contributed by atoms with Crippen LogP contribution in [0.15, 0.2) is 27.8 Å². The van der Waals surface area contributed by atoms with Gasteiger partial charge in [-0.05, 0) is 63.4 Å². The molecule has 0 amide bonds. The number of rotatable bonds is 6. The molecule has 6 nitrogen and oxygen atoms in total. The van der Waals surface area contributed by atoms with Crippen LogP contribution in [0.25, 0.3) is 11.5 Å². The molecule has 140 valence electrons. The van der Waals surface area contributed by atoms with Gasteiger partial charge in [0, 0.05) is 16.8 Å². The summed E-state index contributed by atoms with van der Waals surface area (Å²) in [5, 5.41) is 8.42. The number of nitrogens with zero attached hydrogens (tertiary/aromatic N) is 2. The van der Waals surface area contributed by atoms with E-state index >= 15 is 0 Å². The molecule has 3 rings (SSSR count). The maximum atomic E-state index is 12.5. The number of nitrogens with one attached hydrogen (secondary N) is 1. The van der Waals surface area contributed by atoms with Gasteiger partial charge in [-0.25, -0.2) is 0 Å². The molecule has 0 aliphatic rings. The van der Waals surface area contributed by atoms with Crippen LogP contribution in [0.3, 0.4) is 0 Å². The van der Waals surface area contributed by atoms with Crippen LogP contribution < -0.4 is 0 Å². The summed E-state index contributed by atoms with van der Waals surface area (Å²) in [6.45, 7) is 9.14. The van der Waals surface area contributed by atoms with Crippen LogP contribution >= 0.6 is 11.8 Å². The van der Waals surface area contributed by atoms with Crippen molar-refractivity contribution in [3.05, 3.63) is 51.8 Å². The Morgan fingerprint density at radius 2 is 1.85 bits per heavy atom. The fourth-order valence-corrected chi connectivity index (χ4v) is 3.65. The van der Waals surface area contributed by atoms with Gasteiger partial charge >= 0.3 is 0 Å². The third kappa shape index (κ3) is 3.88. The maximum absolute atomic E-state index is 12.5. The molecule has 0 saturated carbocycles. The van der Waals surface area contributed by atoms with Crippen molar-refractivity contribution in [3.8, 4) is 11.5 Å². The lowest BCUT2D eigenvalue weighted by Crippen LogP contribution is -2.05. The van der Waals surface area contributed by atoms with Gasteiger partial charge in [-0.3, -0.25) is 9.59 Å². The monoisotopic (exact) mass is 383 g/mol. The first kappa shape index (κ1) is 19.1. The Kier molecular flexibility index (Phi) is 5.32. The van der Waals surface area contributed by atoms with Crippen molar-refractivity contribution in [1.82, 2.24) is 15.2 Å². The molecule has 0 radical (unpaired) electrons. The van der Waals surface area contributed by atoms with Crippen molar-refractivity contribution in [2.24, 2.45) is 0 Å². The van der Waals surface area contributed by atoms with Gasteiger partial charge in [0.15, 0.2) is 11.6 Å². The second-order valence-corrected chi connectivity index (χ2v) is 7.49. The standard InChI is InChI=1S/C20H21N3O3S/c1-10-6-7-15(8-11(10)2)19-22-23-20(26-19)27-9-16(25)18-12(3)17(14(5)24)13(4)21-18/h6-8,21H,9H2,1-5H3. The fourth-order valence-electron chi connectivity index (χ4n) is 3.02. The molecule has 2 aromatic heterocycles. The van der Waals surface area contributed by atoms with Crippen LogP contribution in [0.5, 0.6) is 0 Å². The smallest absolute Gasteiger partial charge is 0.277 e. The summed E-state index contributed by atoms with van der Waals surface area (Å²) >= 11 is 1.18. The fraction of sp³-hybridized carbons (Fsp3) is 0.300. The predicted molar refractivity (Wildman–Crippen MR) is 105 cm³/mol. The summed E-state index contributed by atoms with van der Waals surface area (Å²) in [5.41, 5.74) is 5.63. The number of aromatic nitrogens is 3. The molecule has 2 heterocycles. The minimum atomic E-state index is -0.112. The number of ketones is 2. The van der Waals surface area contributed by atoms with Crippen LogP contribution in [-0.4, -0.2) is 32.5 Å². The molecule has 0 atom stereocenters. The van der Waals surface area contributed by atoms with Crippen LogP contribution in [-0.2, 0) is 0 Å². The Balaban J connectivity index is 1.72. The first-order chi connectivity index (χ1) is 12.8. The lowest BCUT2D eigenvalue weighted by atomic mass is 10.1. The van der Waals surface area contributed by atoms with Gasteiger partial charge in [0.1, 0.15) is 0 Å². The molecular formula is C20H21N3O3S. The summed E-state index contributed by atoms with van der Waals surface area (Å²) < 4.78 is 5.67. The molecule has 0 aliphatic heterocycles. The lowest BCUT2D eigenvalue weighted by Gasteiger charge is -2.01. The van der Waals surface area contributed by atoms with E-state index in [-0.39, 0.29) is 17.3 Å². The van der Waals surface area contributed by atoms with Gasteiger partial charge in [0.2, 0.25) is 5.89 Å². The molecule has 1 aromatic carbocycles. The number of carbonyl (C=O) groups is 2. The van der Waals surface area contributed by atoms with E-state index in [9.17, 15) is 9.59 Å². The molecule has 3 aromatic rings. The van der Waals surface area contributed by atoms with E-state index in [4.69, 9.17) is 4.42 Å². The van der Waals surface area contributed by atoms with Gasteiger partial charge in [0.25, 0.3) is 5.22 Å². The van der Waals surface area contributed by atoms with Crippen molar-refractivity contribution >= 4 is 23.3 Å². The number of H-pyrrole nitrogens is 1. The van der Waals surface area contributed by atoms with Crippen LogP contribution in [0.2, 0.25) is 0 Å². The second kappa shape index (κ2) is 7.52. The summed E-state index contributed by atoms with van der Waals surface area (Å²) in [6, 6.07) is 5.94. The molecule has 0 unspecified atom stereocenters. The van der Waals surface area contributed by atoms with Gasteiger partial charge in [-0.1, -0.05) is 17.8 Å². The second-order valence-electron chi connectivity index (χ2n) is 6.57. The van der Waals surface area contributed by atoms with Crippen molar-refractivity contribution in [2.45, 2.75) is 39.8 Å². The summed E-state index contributed by atoms with van der Waals surface area (Å²) in [5.74, 6) is 0.410. The minimum Gasteiger partial charge on any atom is -0.411 e.